The van der Waals surface area contributed by atoms with E-state index in [-0.39, 0.29) is 6.79 Å². The van der Waals surface area contributed by atoms with Gasteiger partial charge in [0.25, 0.3) is 0 Å². The van der Waals surface area contributed by atoms with Gasteiger partial charge in [-0.15, -0.1) is 11.3 Å². The minimum Gasteiger partial charge on any atom is -0.461 e. The first-order chi connectivity index (χ1) is 9.76. The van der Waals surface area contributed by atoms with Crippen LogP contribution in [-0.2, 0) is 4.74 Å². The molecule has 0 amide bonds. The monoisotopic (exact) mass is 292 g/mol. The Bertz CT molecular complexity index is 641. The van der Waals surface area contributed by atoms with Crippen LogP contribution in [-0.4, -0.2) is 24.4 Å². The van der Waals surface area contributed by atoms with Crippen molar-refractivity contribution in [2.75, 3.05) is 18.7 Å². The van der Waals surface area contributed by atoms with E-state index in [0.29, 0.717) is 23.2 Å². The van der Waals surface area contributed by atoms with Crippen LogP contribution in [0.25, 0.3) is 0 Å². The van der Waals surface area contributed by atoms with E-state index in [1.54, 1.807) is 12.3 Å². The lowest BCUT2D eigenvalue weighted by Crippen LogP contribution is -2.04. The van der Waals surface area contributed by atoms with Crippen molar-refractivity contribution in [2.45, 2.75) is 6.92 Å². The second-order valence-electron chi connectivity index (χ2n) is 3.95. The number of nitrogens with one attached hydrogen (secondary N) is 1. The Morgan fingerprint density at radius 3 is 3.15 bits per heavy atom. The van der Waals surface area contributed by atoms with Gasteiger partial charge in [0.1, 0.15) is 0 Å². The molecule has 0 fully saturated rings. The molecular weight excluding hydrogens is 280 g/mol. The van der Waals surface area contributed by atoms with Crippen molar-refractivity contribution in [1.82, 2.24) is 4.98 Å². The normalized spacial score (nSPS) is 12.2. The van der Waals surface area contributed by atoms with E-state index in [4.69, 9.17) is 14.2 Å². The van der Waals surface area contributed by atoms with Gasteiger partial charge in [-0.05, 0) is 19.1 Å². The maximum atomic E-state index is 11.5. The second-order valence-corrected chi connectivity index (χ2v) is 4.81. The average molecular weight is 292 g/mol. The lowest BCUT2D eigenvalue weighted by molar-refractivity contribution is 0.0520. The van der Waals surface area contributed by atoms with E-state index >= 15 is 0 Å². The molecule has 2 heterocycles. The number of aromatic nitrogens is 1. The number of nitrogens with zero attached hydrogens (tertiary/aromatic N) is 1. The highest BCUT2D eigenvalue weighted by Crippen LogP contribution is 2.35. The Labute approximate surface area is 119 Å². The number of ether oxygens (including phenoxy) is 3. The zero-order valence-corrected chi connectivity index (χ0v) is 11.5. The van der Waals surface area contributed by atoms with E-state index in [1.165, 1.54) is 11.3 Å². The molecule has 104 valence electrons. The summed E-state index contributed by atoms with van der Waals surface area (Å²) in [4.78, 5) is 15.7. The molecule has 1 N–H and O–H groups in total. The quantitative estimate of drug-likeness (QED) is 0.874. The van der Waals surface area contributed by atoms with E-state index < -0.39 is 5.97 Å². The SMILES string of the molecule is CCOC(=O)c1csc(Nc2ccc3c(c2)OCO3)n1. The molecule has 1 aliphatic rings. The van der Waals surface area contributed by atoms with Gasteiger partial charge in [-0.3, -0.25) is 0 Å². The van der Waals surface area contributed by atoms with Crippen molar-refractivity contribution < 1.29 is 19.0 Å². The molecule has 0 unspecified atom stereocenters. The molecule has 0 saturated heterocycles. The number of hydrogen-bond donors (Lipinski definition) is 1. The Morgan fingerprint density at radius 2 is 2.30 bits per heavy atom. The molecule has 7 heteroatoms. The standard InChI is InChI=1S/C13H12N2O4S/c1-2-17-12(16)9-6-20-13(15-9)14-8-3-4-10-11(5-8)19-7-18-10/h3-6H,2,7H2,1H3,(H,14,15). The maximum Gasteiger partial charge on any atom is 0.357 e. The molecular formula is C13H12N2O4S. The Balaban J connectivity index is 1.73. The number of thiazole rings is 1. The first-order valence-electron chi connectivity index (χ1n) is 6.05. The number of carbonyl (C=O) groups is 1. The summed E-state index contributed by atoms with van der Waals surface area (Å²) in [6.45, 7) is 2.33. The number of hydrogen-bond acceptors (Lipinski definition) is 7. The molecule has 2 aromatic rings. The van der Waals surface area contributed by atoms with E-state index in [9.17, 15) is 4.79 Å². The van der Waals surface area contributed by atoms with Crippen LogP contribution in [0, 0.1) is 0 Å². The van der Waals surface area contributed by atoms with Crippen LogP contribution < -0.4 is 14.8 Å². The summed E-state index contributed by atoms with van der Waals surface area (Å²) in [7, 11) is 0. The molecule has 0 aliphatic carbocycles. The molecule has 20 heavy (non-hydrogen) atoms. The second kappa shape index (κ2) is 5.38. The molecule has 3 rings (SSSR count). The zero-order chi connectivity index (χ0) is 13.9. The number of carbonyl (C=O) groups excluding carboxylic acids is 1. The molecule has 0 bridgehead atoms. The topological polar surface area (TPSA) is 69.7 Å². The largest absolute Gasteiger partial charge is 0.461 e. The van der Waals surface area contributed by atoms with Crippen molar-refractivity contribution in [2.24, 2.45) is 0 Å². The summed E-state index contributed by atoms with van der Waals surface area (Å²) >= 11 is 1.34. The van der Waals surface area contributed by atoms with E-state index in [1.807, 2.05) is 18.2 Å². The minimum atomic E-state index is -0.414. The van der Waals surface area contributed by atoms with Gasteiger partial charge in [0.2, 0.25) is 6.79 Å². The van der Waals surface area contributed by atoms with Gasteiger partial charge in [-0.2, -0.15) is 0 Å². The molecule has 1 aromatic heterocycles. The number of fused-ring (bicyclic) bond motifs is 1. The Morgan fingerprint density at radius 1 is 1.45 bits per heavy atom. The summed E-state index contributed by atoms with van der Waals surface area (Å²) in [6.07, 6.45) is 0. The van der Waals surface area contributed by atoms with Crippen LogP contribution in [0.2, 0.25) is 0 Å². The predicted octanol–water partition coefficient (Wildman–Crippen LogP) is 2.79. The average Bonchev–Trinajstić information content (AvgIpc) is 3.07. The number of rotatable bonds is 4. The van der Waals surface area contributed by atoms with Gasteiger partial charge in [-0.25, -0.2) is 9.78 Å². The predicted molar refractivity (Wildman–Crippen MR) is 73.9 cm³/mol. The summed E-state index contributed by atoms with van der Waals surface area (Å²) in [5, 5.41) is 5.39. The van der Waals surface area contributed by atoms with Crippen molar-refractivity contribution in [3.63, 3.8) is 0 Å². The molecule has 0 spiro atoms. The summed E-state index contributed by atoms with van der Waals surface area (Å²) < 4.78 is 15.4. The summed E-state index contributed by atoms with van der Waals surface area (Å²) in [5.41, 5.74) is 1.12. The molecule has 0 atom stereocenters. The van der Waals surface area contributed by atoms with Crippen molar-refractivity contribution >= 4 is 28.1 Å². The highest BCUT2D eigenvalue weighted by atomic mass is 32.1. The molecule has 6 nitrogen and oxygen atoms in total. The first kappa shape index (κ1) is 12.7. The highest BCUT2D eigenvalue weighted by molar-refractivity contribution is 7.14. The van der Waals surface area contributed by atoms with Gasteiger partial charge in [0.05, 0.1) is 6.61 Å². The van der Waals surface area contributed by atoms with Crippen molar-refractivity contribution in [1.29, 1.82) is 0 Å². The van der Waals surface area contributed by atoms with Gasteiger partial charge < -0.3 is 19.5 Å². The lowest BCUT2D eigenvalue weighted by atomic mass is 10.3. The van der Waals surface area contributed by atoms with Crippen molar-refractivity contribution in [3.8, 4) is 11.5 Å². The number of anilines is 2. The van der Waals surface area contributed by atoms with E-state index in [2.05, 4.69) is 10.3 Å². The summed E-state index contributed by atoms with van der Waals surface area (Å²) in [6, 6.07) is 5.51. The third-order valence-corrected chi connectivity index (χ3v) is 3.37. The molecule has 1 aliphatic heterocycles. The van der Waals surface area contributed by atoms with Crippen LogP contribution in [0.15, 0.2) is 23.6 Å². The van der Waals surface area contributed by atoms with Crippen LogP contribution in [0.3, 0.4) is 0 Å². The van der Waals surface area contributed by atoms with Crippen LogP contribution in [0.4, 0.5) is 10.8 Å². The van der Waals surface area contributed by atoms with Crippen LogP contribution >= 0.6 is 11.3 Å². The first-order valence-corrected chi connectivity index (χ1v) is 6.93. The highest BCUT2D eigenvalue weighted by Gasteiger charge is 2.15. The lowest BCUT2D eigenvalue weighted by Gasteiger charge is -2.03. The number of esters is 1. The molecule has 0 saturated carbocycles. The fraction of sp³-hybridized carbons (Fsp3) is 0.231. The smallest absolute Gasteiger partial charge is 0.357 e. The fourth-order valence-electron chi connectivity index (χ4n) is 1.73. The van der Waals surface area contributed by atoms with Crippen molar-refractivity contribution in [3.05, 3.63) is 29.3 Å². The van der Waals surface area contributed by atoms with E-state index in [0.717, 1.165) is 11.4 Å². The molecule has 1 aromatic carbocycles. The summed E-state index contributed by atoms with van der Waals surface area (Å²) in [5.74, 6) is 1.00. The fourth-order valence-corrected chi connectivity index (χ4v) is 2.43. The minimum absolute atomic E-state index is 0.239. The Kier molecular flexibility index (Phi) is 3.42. The zero-order valence-electron chi connectivity index (χ0n) is 10.7. The van der Waals surface area contributed by atoms with Crippen LogP contribution in [0.5, 0.6) is 11.5 Å². The maximum absolute atomic E-state index is 11.5. The van der Waals surface area contributed by atoms with Gasteiger partial charge in [0, 0.05) is 17.1 Å². The van der Waals surface area contributed by atoms with Gasteiger partial charge >= 0.3 is 5.97 Å². The third-order valence-electron chi connectivity index (χ3n) is 2.61. The Hall–Kier alpha value is -2.28. The molecule has 0 radical (unpaired) electrons. The third kappa shape index (κ3) is 2.53. The van der Waals surface area contributed by atoms with Gasteiger partial charge in [-0.1, -0.05) is 0 Å². The van der Waals surface area contributed by atoms with Crippen LogP contribution in [0.1, 0.15) is 17.4 Å². The number of benzene rings is 1. The van der Waals surface area contributed by atoms with Gasteiger partial charge in [0.15, 0.2) is 22.3 Å².